The minimum atomic E-state index is 0.823. The lowest BCUT2D eigenvalue weighted by Gasteiger charge is -2.30. The largest absolute Gasteiger partial charge is 0.306 e. The van der Waals surface area contributed by atoms with E-state index in [4.69, 9.17) is 0 Å². The first kappa shape index (κ1) is 11.4. The molecule has 0 amide bonds. The maximum atomic E-state index is 2.49. The molecule has 1 saturated carbocycles. The van der Waals surface area contributed by atoms with Gasteiger partial charge in [-0.1, -0.05) is 26.7 Å². The summed E-state index contributed by atoms with van der Waals surface area (Å²) in [4.78, 5) is 2.49. The summed E-state index contributed by atoms with van der Waals surface area (Å²) in [5.41, 5.74) is 0.823. The highest BCUT2D eigenvalue weighted by molar-refractivity contribution is 5.04. The van der Waals surface area contributed by atoms with Gasteiger partial charge in [-0.3, -0.25) is 0 Å². The molecule has 1 nitrogen and oxygen atoms in total. The number of likely N-dealkylation sites (tertiary alicyclic amines) is 1. The molecule has 15 heavy (non-hydrogen) atoms. The topological polar surface area (TPSA) is 3.24 Å². The fraction of sp³-hybridized carbons (Fsp3) is 1.00. The molecule has 1 aliphatic carbocycles. The Hall–Kier alpha value is -0.0400. The van der Waals surface area contributed by atoms with Crippen molar-refractivity contribution in [2.45, 2.75) is 52.4 Å². The van der Waals surface area contributed by atoms with Gasteiger partial charge in [0.2, 0.25) is 0 Å². The van der Waals surface area contributed by atoms with E-state index in [0.717, 1.165) is 17.3 Å². The molecule has 0 bridgehead atoms. The van der Waals surface area contributed by atoms with Crippen molar-refractivity contribution < 1.29 is 0 Å². The van der Waals surface area contributed by atoms with Crippen LogP contribution in [0.15, 0.2) is 0 Å². The predicted molar refractivity (Wildman–Crippen MR) is 66.0 cm³/mol. The van der Waals surface area contributed by atoms with Crippen molar-refractivity contribution in [3.63, 3.8) is 0 Å². The van der Waals surface area contributed by atoms with Crippen LogP contribution in [0.4, 0.5) is 0 Å². The van der Waals surface area contributed by atoms with Gasteiger partial charge >= 0.3 is 0 Å². The molecule has 1 unspecified atom stereocenters. The number of piperidine rings is 1. The van der Waals surface area contributed by atoms with Crippen LogP contribution in [0.3, 0.4) is 0 Å². The molecule has 0 aromatic heterocycles. The first-order chi connectivity index (χ1) is 7.12. The van der Waals surface area contributed by atoms with E-state index in [1.165, 1.54) is 45.2 Å². The van der Waals surface area contributed by atoms with Crippen LogP contribution in [0.1, 0.15) is 52.4 Å². The molecule has 1 atom stereocenters. The lowest BCUT2D eigenvalue weighted by atomic mass is 9.89. The monoisotopic (exact) mass is 209 g/mol. The molecule has 0 radical (unpaired) electrons. The summed E-state index contributed by atoms with van der Waals surface area (Å²) in [6.07, 6.45) is 8.94. The van der Waals surface area contributed by atoms with Crippen molar-refractivity contribution in [3.8, 4) is 0 Å². The Kier molecular flexibility index (Phi) is 3.39. The summed E-state index contributed by atoms with van der Waals surface area (Å²) in [5.74, 6) is 2.00. The second kappa shape index (κ2) is 4.45. The Balaban J connectivity index is 1.66. The molecule has 2 fully saturated rings. The molecule has 1 spiro atoms. The van der Waals surface area contributed by atoms with Crippen molar-refractivity contribution in [1.29, 1.82) is 0 Å². The van der Waals surface area contributed by atoms with E-state index in [2.05, 4.69) is 25.8 Å². The highest BCUT2D eigenvalue weighted by Crippen LogP contribution is 2.61. The smallest absolute Gasteiger partial charge is 0.00164 e. The van der Waals surface area contributed by atoms with Crippen LogP contribution in [-0.2, 0) is 0 Å². The van der Waals surface area contributed by atoms with Gasteiger partial charge in [-0.15, -0.1) is 0 Å². The fourth-order valence-corrected chi connectivity index (χ4v) is 3.29. The van der Waals surface area contributed by atoms with E-state index in [0.29, 0.717) is 0 Å². The van der Waals surface area contributed by atoms with Crippen molar-refractivity contribution in [1.82, 2.24) is 4.90 Å². The molecule has 1 aliphatic heterocycles. The van der Waals surface area contributed by atoms with Gasteiger partial charge < -0.3 is 4.90 Å². The summed E-state index contributed by atoms with van der Waals surface area (Å²) in [5, 5.41) is 0. The number of nitrogens with zero attached hydrogens (tertiary/aromatic N) is 1. The van der Waals surface area contributed by atoms with Crippen LogP contribution in [0.5, 0.6) is 0 Å². The first-order valence-corrected chi connectivity index (χ1v) is 6.81. The van der Waals surface area contributed by atoms with Crippen LogP contribution < -0.4 is 0 Å². The van der Waals surface area contributed by atoms with Gasteiger partial charge in [0.1, 0.15) is 0 Å². The Morgan fingerprint density at radius 1 is 1.27 bits per heavy atom. The van der Waals surface area contributed by atoms with E-state index < -0.39 is 0 Å². The number of hydrogen-bond acceptors (Lipinski definition) is 1. The van der Waals surface area contributed by atoms with Crippen LogP contribution >= 0.6 is 0 Å². The zero-order valence-corrected chi connectivity index (χ0v) is 10.8. The maximum absolute atomic E-state index is 2.49. The zero-order chi connectivity index (χ0) is 10.9. The highest BCUT2D eigenvalue weighted by Gasteiger charge is 2.53. The molecule has 88 valence electrons. The molecular formula is C14H27N. The normalized spacial score (nSPS) is 30.0. The molecule has 1 heterocycles. The standard InChI is InChI=1S/C14H27N/c1-12(2)5-4-6-13-11-14(13)7-9-15(3)10-8-14/h12-13H,4-11H2,1-3H3. The molecule has 2 rings (SSSR count). The molecule has 2 aliphatic rings. The highest BCUT2D eigenvalue weighted by atomic mass is 15.1. The van der Waals surface area contributed by atoms with Crippen LogP contribution in [0.25, 0.3) is 0 Å². The average Bonchev–Trinajstić information content (AvgIpc) is 2.85. The Bertz CT molecular complexity index is 201. The lowest BCUT2D eigenvalue weighted by Crippen LogP contribution is -2.31. The SMILES string of the molecule is CC(C)CCCC1CC12CCN(C)CC2. The maximum Gasteiger partial charge on any atom is -0.00164 e. The Morgan fingerprint density at radius 2 is 1.93 bits per heavy atom. The zero-order valence-electron chi connectivity index (χ0n) is 10.8. The van der Waals surface area contributed by atoms with E-state index >= 15 is 0 Å². The van der Waals surface area contributed by atoms with Crippen LogP contribution in [0, 0.1) is 17.3 Å². The quantitative estimate of drug-likeness (QED) is 0.684. The van der Waals surface area contributed by atoms with E-state index in [9.17, 15) is 0 Å². The molecule has 0 N–H and O–H groups in total. The van der Waals surface area contributed by atoms with Gasteiger partial charge in [-0.05, 0) is 63.1 Å². The number of hydrogen-bond donors (Lipinski definition) is 0. The van der Waals surface area contributed by atoms with Gasteiger partial charge in [0, 0.05) is 0 Å². The van der Waals surface area contributed by atoms with Gasteiger partial charge in [-0.2, -0.15) is 0 Å². The molecule has 0 aromatic rings. The third-order valence-electron chi connectivity index (χ3n) is 4.68. The summed E-state index contributed by atoms with van der Waals surface area (Å²) in [6.45, 7) is 7.39. The van der Waals surface area contributed by atoms with Gasteiger partial charge in [0.05, 0.1) is 0 Å². The van der Waals surface area contributed by atoms with Crippen molar-refractivity contribution >= 4 is 0 Å². The second-order valence-corrected chi connectivity index (χ2v) is 6.39. The summed E-state index contributed by atoms with van der Waals surface area (Å²) in [7, 11) is 2.27. The van der Waals surface area contributed by atoms with Gasteiger partial charge in [0.25, 0.3) is 0 Å². The van der Waals surface area contributed by atoms with Gasteiger partial charge in [-0.25, -0.2) is 0 Å². The minimum absolute atomic E-state index is 0.823. The van der Waals surface area contributed by atoms with E-state index in [1.807, 2.05) is 0 Å². The lowest BCUT2D eigenvalue weighted by molar-refractivity contribution is 0.190. The third kappa shape index (κ3) is 2.75. The second-order valence-electron chi connectivity index (χ2n) is 6.39. The van der Waals surface area contributed by atoms with Crippen molar-refractivity contribution in [2.24, 2.45) is 17.3 Å². The predicted octanol–water partition coefficient (Wildman–Crippen LogP) is 3.54. The van der Waals surface area contributed by atoms with Crippen LogP contribution in [-0.4, -0.2) is 25.0 Å². The average molecular weight is 209 g/mol. The van der Waals surface area contributed by atoms with E-state index in [1.54, 1.807) is 6.42 Å². The molecule has 1 saturated heterocycles. The number of rotatable bonds is 4. The summed E-state index contributed by atoms with van der Waals surface area (Å²) < 4.78 is 0. The van der Waals surface area contributed by atoms with Crippen molar-refractivity contribution in [3.05, 3.63) is 0 Å². The first-order valence-electron chi connectivity index (χ1n) is 6.81. The van der Waals surface area contributed by atoms with Crippen LogP contribution in [0.2, 0.25) is 0 Å². The minimum Gasteiger partial charge on any atom is -0.306 e. The summed E-state index contributed by atoms with van der Waals surface area (Å²) in [6, 6.07) is 0. The molecule has 0 aromatic carbocycles. The Labute approximate surface area is 95.2 Å². The summed E-state index contributed by atoms with van der Waals surface area (Å²) >= 11 is 0. The van der Waals surface area contributed by atoms with E-state index in [-0.39, 0.29) is 0 Å². The van der Waals surface area contributed by atoms with Crippen molar-refractivity contribution in [2.75, 3.05) is 20.1 Å². The molecular weight excluding hydrogens is 182 g/mol. The fourth-order valence-electron chi connectivity index (χ4n) is 3.29. The Morgan fingerprint density at radius 3 is 2.53 bits per heavy atom. The van der Waals surface area contributed by atoms with Gasteiger partial charge in [0.15, 0.2) is 0 Å². The third-order valence-corrected chi connectivity index (χ3v) is 4.68. The molecule has 1 heteroatoms.